The van der Waals surface area contributed by atoms with Crippen molar-refractivity contribution in [1.82, 2.24) is 24.4 Å². The summed E-state index contributed by atoms with van der Waals surface area (Å²) >= 11 is 1.33. The first-order chi connectivity index (χ1) is 7.81. The molecule has 0 aliphatic carbocycles. The van der Waals surface area contributed by atoms with Gasteiger partial charge in [-0.05, 0) is 18.0 Å². The zero-order valence-electron chi connectivity index (χ0n) is 9.08. The summed E-state index contributed by atoms with van der Waals surface area (Å²) in [7, 11) is 0. The van der Waals surface area contributed by atoms with E-state index >= 15 is 0 Å². The lowest BCUT2D eigenvalue weighted by Gasteiger charge is -2.08. The standard InChI is InChI=1S/C9H14N6S/c1-2-3-15-9(11-6-13-15)4-7(10)8-5-12-14-16-8/h5-7H,2-4,10H2,1H3. The van der Waals surface area contributed by atoms with Crippen molar-refractivity contribution in [2.45, 2.75) is 32.4 Å². The summed E-state index contributed by atoms with van der Waals surface area (Å²) < 4.78 is 5.70. The molecular formula is C9H14N6S. The molecule has 0 spiro atoms. The Balaban J connectivity index is 2.06. The molecule has 0 amide bonds. The van der Waals surface area contributed by atoms with Gasteiger partial charge in [-0.1, -0.05) is 11.4 Å². The molecular weight excluding hydrogens is 224 g/mol. The summed E-state index contributed by atoms with van der Waals surface area (Å²) in [5, 5.41) is 7.94. The maximum atomic E-state index is 6.05. The first-order valence-corrected chi connectivity index (χ1v) is 5.98. The number of hydrogen-bond acceptors (Lipinski definition) is 6. The zero-order chi connectivity index (χ0) is 11.4. The van der Waals surface area contributed by atoms with E-state index in [1.54, 1.807) is 12.5 Å². The van der Waals surface area contributed by atoms with Gasteiger partial charge in [-0.2, -0.15) is 5.10 Å². The van der Waals surface area contributed by atoms with Crippen molar-refractivity contribution < 1.29 is 0 Å². The van der Waals surface area contributed by atoms with Crippen LogP contribution < -0.4 is 5.73 Å². The van der Waals surface area contributed by atoms with Crippen molar-refractivity contribution in [2.75, 3.05) is 0 Å². The van der Waals surface area contributed by atoms with Crippen LogP contribution in [-0.2, 0) is 13.0 Å². The van der Waals surface area contributed by atoms with Crippen LogP contribution in [-0.4, -0.2) is 24.4 Å². The summed E-state index contributed by atoms with van der Waals surface area (Å²) in [6.07, 6.45) is 4.98. The lowest BCUT2D eigenvalue weighted by Crippen LogP contribution is -2.16. The largest absolute Gasteiger partial charge is 0.323 e. The van der Waals surface area contributed by atoms with Crippen molar-refractivity contribution in [3.8, 4) is 0 Å². The Hall–Kier alpha value is -1.34. The Morgan fingerprint density at radius 3 is 3.12 bits per heavy atom. The third kappa shape index (κ3) is 2.42. The Morgan fingerprint density at radius 2 is 2.44 bits per heavy atom. The highest BCUT2D eigenvalue weighted by atomic mass is 32.1. The Morgan fingerprint density at radius 1 is 1.56 bits per heavy atom. The van der Waals surface area contributed by atoms with E-state index < -0.39 is 0 Å². The highest BCUT2D eigenvalue weighted by Gasteiger charge is 2.13. The van der Waals surface area contributed by atoms with Gasteiger partial charge in [-0.25, -0.2) is 4.98 Å². The van der Waals surface area contributed by atoms with Gasteiger partial charge in [0.15, 0.2) is 0 Å². The van der Waals surface area contributed by atoms with Gasteiger partial charge in [-0.15, -0.1) is 5.10 Å². The number of aryl methyl sites for hydroxylation is 1. The molecule has 0 aliphatic rings. The highest BCUT2D eigenvalue weighted by Crippen LogP contribution is 2.16. The van der Waals surface area contributed by atoms with Crippen LogP contribution in [0.2, 0.25) is 0 Å². The molecule has 7 heteroatoms. The Labute approximate surface area is 97.7 Å². The van der Waals surface area contributed by atoms with Crippen molar-refractivity contribution in [3.05, 3.63) is 23.2 Å². The van der Waals surface area contributed by atoms with Crippen LogP contribution in [0.15, 0.2) is 12.5 Å². The second-order valence-electron chi connectivity index (χ2n) is 3.53. The molecule has 0 radical (unpaired) electrons. The molecule has 2 aromatic heterocycles. The second kappa shape index (κ2) is 5.13. The molecule has 2 aromatic rings. The van der Waals surface area contributed by atoms with Gasteiger partial charge in [0.2, 0.25) is 0 Å². The first kappa shape index (κ1) is 11.2. The molecule has 0 saturated carbocycles. The number of nitrogens with zero attached hydrogens (tertiary/aromatic N) is 5. The van der Waals surface area contributed by atoms with E-state index in [-0.39, 0.29) is 6.04 Å². The molecule has 6 nitrogen and oxygen atoms in total. The molecule has 1 unspecified atom stereocenters. The molecule has 2 heterocycles. The molecule has 86 valence electrons. The van der Waals surface area contributed by atoms with E-state index in [9.17, 15) is 0 Å². The summed E-state index contributed by atoms with van der Waals surface area (Å²) in [4.78, 5) is 5.20. The summed E-state index contributed by atoms with van der Waals surface area (Å²) in [6.45, 7) is 2.99. The van der Waals surface area contributed by atoms with E-state index in [0.717, 1.165) is 23.7 Å². The molecule has 0 bridgehead atoms. The number of rotatable bonds is 5. The van der Waals surface area contributed by atoms with Crippen LogP contribution in [0.5, 0.6) is 0 Å². The third-order valence-corrected chi connectivity index (χ3v) is 3.07. The van der Waals surface area contributed by atoms with Gasteiger partial charge in [0.05, 0.1) is 11.1 Å². The normalized spacial score (nSPS) is 12.9. The molecule has 0 fully saturated rings. The summed E-state index contributed by atoms with van der Waals surface area (Å²) in [5.41, 5.74) is 6.05. The van der Waals surface area contributed by atoms with E-state index in [0.29, 0.717) is 6.42 Å². The maximum Gasteiger partial charge on any atom is 0.138 e. The lowest BCUT2D eigenvalue weighted by atomic mass is 10.2. The van der Waals surface area contributed by atoms with E-state index in [4.69, 9.17) is 5.73 Å². The fourth-order valence-corrected chi connectivity index (χ4v) is 1.98. The number of hydrogen-bond donors (Lipinski definition) is 1. The summed E-state index contributed by atoms with van der Waals surface area (Å²) in [5.74, 6) is 0.919. The van der Waals surface area contributed by atoms with Crippen LogP contribution in [0.25, 0.3) is 0 Å². The van der Waals surface area contributed by atoms with Crippen LogP contribution >= 0.6 is 11.5 Å². The molecule has 1 atom stereocenters. The van der Waals surface area contributed by atoms with Gasteiger partial charge in [0.25, 0.3) is 0 Å². The van der Waals surface area contributed by atoms with Gasteiger partial charge >= 0.3 is 0 Å². The van der Waals surface area contributed by atoms with Gasteiger partial charge in [0, 0.05) is 19.0 Å². The summed E-state index contributed by atoms with van der Waals surface area (Å²) in [6, 6.07) is -0.0974. The zero-order valence-corrected chi connectivity index (χ0v) is 9.89. The second-order valence-corrected chi connectivity index (χ2v) is 4.35. The van der Waals surface area contributed by atoms with Gasteiger partial charge < -0.3 is 5.73 Å². The van der Waals surface area contributed by atoms with Crippen LogP contribution in [0.1, 0.15) is 30.1 Å². The van der Waals surface area contributed by atoms with Crippen LogP contribution in [0.3, 0.4) is 0 Å². The molecule has 0 aromatic carbocycles. The fourth-order valence-electron chi connectivity index (χ4n) is 1.48. The van der Waals surface area contributed by atoms with Crippen molar-refractivity contribution in [1.29, 1.82) is 0 Å². The van der Waals surface area contributed by atoms with Gasteiger partial charge in [-0.3, -0.25) is 4.68 Å². The fraction of sp³-hybridized carbons (Fsp3) is 0.556. The topological polar surface area (TPSA) is 82.5 Å². The minimum atomic E-state index is -0.0974. The molecule has 0 saturated heterocycles. The quantitative estimate of drug-likeness (QED) is 0.832. The van der Waals surface area contributed by atoms with E-state index in [1.165, 1.54) is 11.5 Å². The number of nitrogens with two attached hydrogens (primary N) is 1. The highest BCUT2D eigenvalue weighted by molar-refractivity contribution is 7.05. The van der Waals surface area contributed by atoms with Crippen molar-refractivity contribution in [3.63, 3.8) is 0 Å². The SMILES string of the molecule is CCCn1ncnc1CC(N)c1cnns1. The predicted molar refractivity (Wildman–Crippen MR) is 60.9 cm³/mol. The number of aromatic nitrogens is 5. The Kier molecular flexibility index (Phi) is 3.58. The molecule has 2 N–H and O–H groups in total. The van der Waals surface area contributed by atoms with Gasteiger partial charge in [0.1, 0.15) is 12.2 Å². The molecule has 16 heavy (non-hydrogen) atoms. The van der Waals surface area contributed by atoms with Crippen LogP contribution in [0.4, 0.5) is 0 Å². The van der Waals surface area contributed by atoms with Crippen molar-refractivity contribution >= 4 is 11.5 Å². The average Bonchev–Trinajstić information content (AvgIpc) is 2.90. The minimum absolute atomic E-state index is 0.0974. The first-order valence-electron chi connectivity index (χ1n) is 5.20. The average molecular weight is 238 g/mol. The third-order valence-electron chi connectivity index (χ3n) is 2.28. The van der Waals surface area contributed by atoms with Crippen molar-refractivity contribution in [2.24, 2.45) is 5.73 Å². The maximum absolute atomic E-state index is 6.05. The molecule has 0 aliphatic heterocycles. The molecule has 2 rings (SSSR count). The van der Waals surface area contributed by atoms with Crippen LogP contribution in [0, 0.1) is 0 Å². The van der Waals surface area contributed by atoms with E-state index in [1.807, 2.05) is 4.68 Å². The monoisotopic (exact) mass is 238 g/mol. The lowest BCUT2D eigenvalue weighted by molar-refractivity contribution is 0.549. The van der Waals surface area contributed by atoms with E-state index in [2.05, 4.69) is 26.6 Å². The minimum Gasteiger partial charge on any atom is -0.323 e. The Bertz CT molecular complexity index is 423. The predicted octanol–water partition coefficient (Wildman–Crippen LogP) is 0.782. The smallest absolute Gasteiger partial charge is 0.138 e.